The molecule has 0 saturated heterocycles. The van der Waals surface area contributed by atoms with E-state index in [1.54, 1.807) is 0 Å². The van der Waals surface area contributed by atoms with Crippen LogP contribution < -0.4 is 4.57 Å². The first-order chi connectivity index (χ1) is 18.3. The van der Waals surface area contributed by atoms with E-state index in [0.29, 0.717) is 0 Å². The molecule has 186 valence electrons. The summed E-state index contributed by atoms with van der Waals surface area (Å²) in [5.74, 6) is 1.16. The third-order valence-corrected chi connectivity index (χ3v) is 8.07. The molecule has 0 saturated carbocycles. The summed E-state index contributed by atoms with van der Waals surface area (Å²) in [6, 6.07) is 35.5. The average Bonchev–Trinajstić information content (AvgIpc) is 3.42. The van der Waals surface area contributed by atoms with Crippen molar-refractivity contribution < 1.29 is 4.57 Å². The highest BCUT2D eigenvalue weighted by Gasteiger charge is 2.27. The summed E-state index contributed by atoms with van der Waals surface area (Å²) in [6.07, 6.45) is 2.13. The van der Waals surface area contributed by atoms with Crippen LogP contribution in [0.5, 0.6) is 0 Å². The molecule has 0 N–H and O–H groups in total. The van der Waals surface area contributed by atoms with E-state index >= 15 is 0 Å². The third-order valence-electron chi connectivity index (χ3n) is 8.07. The van der Waals surface area contributed by atoms with Crippen LogP contribution in [0, 0.1) is 6.92 Å². The Morgan fingerprint density at radius 3 is 1.89 bits per heavy atom. The van der Waals surface area contributed by atoms with Crippen LogP contribution in [-0.2, 0) is 12.5 Å². The molecule has 38 heavy (non-hydrogen) atoms. The van der Waals surface area contributed by atoms with Gasteiger partial charge in [-0.15, -0.1) is 0 Å². The van der Waals surface area contributed by atoms with Crippen molar-refractivity contribution >= 4 is 43.6 Å². The number of hydrogen-bond donors (Lipinski definition) is 0. The number of para-hydroxylation sites is 2. The monoisotopic (exact) mass is 494 g/mol. The number of aryl methyl sites for hydroxylation is 2. The average molecular weight is 495 g/mol. The molecule has 0 spiro atoms. The molecule has 3 heteroatoms. The highest BCUT2D eigenvalue weighted by molar-refractivity contribution is 6.12. The second-order valence-electron chi connectivity index (χ2n) is 11.5. The quantitative estimate of drug-likeness (QED) is 0.215. The van der Waals surface area contributed by atoms with Gasteiger partial charge in [-0.1, -0.05) is 69.3 Å². The number of aromatic nitrogens is 3. The minimum atomic E-state index is 0.0621. The Balaban J connectivity index is 1.62. The smallest absolute Gasteiger partial charge is 0.286 e. The number of hydrogen-bond acceptors (Lipinski definition) is 0. The Bertz CT molecular complexity index is 1980. The zero-order chi connectivity index (χ0) is 26.2. The molecule has 0 atom stereocenters. The van der Waals surface area contributed by atoms with Gasteiger partial charge in [-0.05, 0) is 60.4 Å². The lowest BCUT2D eigenvalue weighted by molar-refractivity contribution is -0.665. The van der Waals surface area contributed by atoms with Crippen molar-refractivity contribution in [3.05, 3.63) is 114 Å². The van der Waals surface area contributed by atoms with E-state index in [9.17, 15) is 0 Å². The Morgan fingerprint density at radius 1 is 0.605 bits per heavy atom. The van der Waals surface area contributed by atoms with Gasteiger partial charge in [0.05, 0.1) is 24.3 Å². The first-order valence-electron chi connectivity index (χ1n) is 13.4. The lowest BCUT2D eigenvalue weighted by Gasteiger charge is -2.21. The summed E-state index contributed by atoms with van der Waals surface area (Å²) >= 11 is 0. The van der Waals surface area contributed by atoms with Crippen molar-refractivity contribution in [3.8, 4) is 11.5 Å². The number of nitrogens with zero attached hydrogens (tertiary/aromatic N) is 3. The largest absolute Gasteiger partial charge is 0.309 e. The van der Waals surface area contributed by atoms with Gasteiger partial charge in [-0.3, -0.25) is 0 Å². The normalized spacial score (nSPS) is 12.3. The summed E-state index contributed by atoms with van der Waals surface area (Å²) in [4.78, 5) is 0. The molecule has 7 aromatic rings. The highest BCUT2D eigenvalue weighted by atomic mass is 15.1. The summed E-state index contributed by atoms with van der Waals surface area (Å²) in [5.41, 5.74) is 8.95. The topological polar surface area (TPSA) is 13.7 Å². The maximum Gasteiger partial charge on any atom is 0.286 e. The molecular weight excluding hydrogens is 462 g/mol. The van der Waals surface area contributed by atoms with E-state index in [4.69, 9.17) is 0 Å². The first kappa shape index (κ1) is 22.8. The zero-order valence-electron chi connectivity index (χ0n) is 22.7. The van der Waals surface area contributed by atoms with Gasteiger partial charge in [-0.2, -0.15) is 4.57 Å². The predicted octanol–water partition coefficient (Wildman–Crippen LogP) is 8.31. The number of fused-ring (bicyclic) bond motifs is 6. The Hall–Kier alpha value is -4.37. The van der Waals surface area contributed by atoms with E-state index in [1.807, 2.05) is 0 Å². The molecular formula is C35H32N3+. The van der Waals surface area contributed by atoms with Crippen molar-refractivity contribution in [3.63, 3.8) is 0 Å². The van der Waals surface area contributed by atoms with Crippen LogP contribution >= 0.6 is 0 Å². The first-order valence-corrected chi connectivity index (χ1v) is 13.4. The maximum atomic E-state index is 2.45. The van der Waals surface area contributed by atoms with Gasteiger partial charge in [0.25, 0.3) is 5.82 Å². The molecule has 4 aromatic carbocycles. The predicted molar refractivity (Wildman–Crippen MR) is 160 cm³/mol. The van der Waals surface area contributed by atoms with Crippen molar-refractivity contribution in [2.45, 2.75) is 33.1 Å². The van der Waals surface area contributed by atoms with E-state index in [2.05, 4.69) is 152 Å². The van der Waals surface area contributed by atoms with Crippen LogP contribution in [0.15, 0.2) is 103 Å². The van der Waals surface area contributed by atoms with Gasteiger partial charge in [-0.25, -0.2) is 4.57 Å². The second-order valence-corrected chi connectivity index (χ2v) is 11.5. The molecule has 3 aromatic heterocycles. The van der Waals surface area contributed by atoms with E-state index in [0.717, 1.165) is 5.82 Å². The minimum Gasteiger partial charge on any atom is -0.309 e. The molecule has 0 amide bonds. The van der Waals surface area contributed by atoms with Crippen molar-refractivity contribution in [1.82, 2.24) is 9.13 Å². The van der Waals surface area contributed by atoms with Gasteiger partial charge < -0.3 is 4.57 Å². The van der Waals surface area contributed by atoms with Gasteiger partial charge in [0.15, 0.2) is 0 Å². The molecule has 0 fully saturated rings. The van der Waals surface area contributed by atoms with Gasteiger partial charge in [0.1, 0.15) is 11.0 Å². The van der Waals surface area contributed by atoms with Crippen LogP contribution in [0.4, 0.5) is 0 Å². The summed E-state index contributed by atoms with van der Waals surface area (Å²) in [7, 11) is 2.13. The third kappa shape index (κ3) is 3.18. The lowest BCUT2D eigenvalue weighted by atomic mass is 9.83. The summed E-state index contributed by atoms with van der Waals surface area (Å²) in [5, 5.41) is 5.13. The molecule has 0 aliphatic heterocycles. The molecule has 0 bridgehead atoms. The summed E-state index contributed by atoms with van der Waals surface area (Å²) < 4.78 is 7.07. The molecule has 7 rings (SSSR count). The standard InChI is InChI=1S/C35H32N3/c1-23-29(35(2,3)4)19-18-27-28-22-24(17-20-32(28)38(34(23)27)33-16-10-11-21-36(33)5)37-30-14-8-6-12-25(30)26-13-7-9-15-31(26)37/h6-22H,1-5H3/q+1. The Labute approximate surface area is 223 Å². The molecule has 0 aliphatic rings. The zero-order valence-corrected chi connectivity index (χ0v) is 22.7. The Morgan fingerprint density at radius 2 is 1.24 bits per heavy atom. The Kier molecular flexibility index (Phi) is 4.84. The van der Waals surface area contributed by atoms with Crippen LogP contribution in [0.25, 0.3) is 55.1 Å². The van der Waals surface area contributed by atoms with Crippen molar-refractivity contribution in [2.75, 3.05) is 0 Å². The number of pyridine rings is 1. The fourth-order valence-electron chi connectivity index (χ4n) is 6.40. The van der Waals surface area contributed by atoms with Crippen molar-refractivity contribution in [1.29, 1.82) is 0 Å². The SMILES string of the molecule is Cc1c(C(C)(C)C)ccc2c3cc(-n4c5ccccc5c5ccccc54)ccc3n(-c3cccc[n+]3C)c12. The van der Waals surface area contributed by atoms with Gasteiger partial charge in [0, 0.05) is 38.9 Å². The summed E-state index contributed by atoms with van der Waals surface area (Å²) in [6.45, 7) is 9.19. The molecule has 3 nitrogen and oxygen atoms in total. The molecule has 0 unspecified atom stereocenters. The van der Waals surface area contributed by atoms with E-state index in [-0.39, 0.29) is 5.41 Å². The van der Waals surface area contributed by atoms with Crippen LogP contribution in [-0.4, -0.2) is 9.13 Å². The number of benzene rings is 4. The molecule has 0 radical (unpaired) electrons. The fourth-order valence-corrected chi connectivity index (χ4v) is 6.40. The van der Waals surface area contributed by atoms with Crippen molar-refractivity contribution in [2.24, 2.45) is 7.05 Å². The fraction of sp³-hybridized carbons (Fsp3) is 0.171. The maximum absolute atomic E-state index is 2.45. The van der Waals surface area contributed by atoms with E-state index < -0.39 is 0 Å². The van der Waals surface area contributed by atoms with Gasteiger partial charge in [0.2, 0.25) is 0 Å². The van der Waals surface area contributed by atoms with Crippen LogP contribution in [0.2, 0.25) is 0 Å². The van der Waals surface area contributed by atoms with E-state index in [1.165, 1.54) is 60.4 Å². The number of rotatable bonds is 2. The lowest BCUT2D eigenvalue weighted by Crippen LogP contribution is -2.33. The second kappa shape index (κ2) is 8.06. The molecule has 3 heterocycles. The highest BCUT2D eigenvalue weighted by Crippen LogP contribution is 2.39. The van der Waals surface area contributed by atoms with Gasteiger partial charge >= 0.3 is 0 Å². The minimum absolute atomic E-state index is 0.0621. The molecule has 0 aliphatic carbocycles. The van der Waals surface area contributed by atoms with Crippen LogP contribution in [0.1, 0.15) is 31.9 Å². The van der Waals surface area contributed by atoms with Crippen LogP contribution in [0.3, 0.4) is 0 Å².